The van der Waals surface area contributed by atoms with Gasteiger partial charge in [0.05, 0.1) is 16.7 Å². The molecule has 0 unspecified atom stereocenters. The molecular weight excluding hydrogens is 248 g/mol. The van der Waals surface area contributed by atoms with Gasteiger partial charge in [0.1, 0.15) is 5.82 Å². The van der Waals surface area contributed by atoms with E-state index in [1.807, 2.05) is 0 Å². The van der Waals surface area contributed by atoms with E-state index in [-0.39, 0.29) is 23.8 Å². The summed E-state index contributed by atoms with van der Waals surface area (Å²) in [7, 11) is -1.97. The van der Waals surface area contributed by atoms with Crippen molar-refractivity contribution in [2.45, 2.75) is 0 Å². The molecule has 0 saturated heterocycles. The molecule has 0 atom stereocenters. The summed E-state index contributed by atoms with van der Waals surface area (Å²) in [6, 6.07) is 2.50. The van der Waals surface area contributed by atoms with Gasteiger partial charge in [-0.05, 0) is 7.05 Å². The Morgan fingerprint density at radius 1 is 1.53 bits per heavy atom. The van der Waals surface area contributed by atoms with Crippen LogP contribution in [-0.2, 0) is 10.0 Å². The Labute approximate surface area is 98.3 Å². The lowest BCUT2D eigenvalue weighted by Crippen LogP contribution is -2.26. The first kappa shape index (κ1) is 13.3. The molecule has 0 aromatic carbocycles. The lowest BCUT2D eigenvalue weighted by molar-refractivity contribution is -0.384. The Morgan fingerprint density at radius 2 is 2.24 bits per heavy atom. The molecule has 1 aromatic heterocycles. The summed E-state index contributed by atoms with van der Waals surface area (Å²) in [4.78, 5) is 13.8. The number of hydrogen-bond acceptors (Lipinski definition) is 6. The minimum absolute atomic E-state index is 0.0982. The van der Waals surface area contributed by atoms with Crippen molar-refractivity contribution in [3.63, 3.8) is 0 Å². The van der Waals surface area contributed by atoms with Crippen LogP contribution in [0.3, 0.4) is 0 Å². The van der Waals surface area contributed by atoms with Gasteiger partial charge >= 0.3 is 0 Å². The number of sulfonamides is 1. The van der Waals surface area contributed by atoms with Gasteiger partial charge in [-0.2, -0.15) is 0 Å². The summed E-state index contributed by atoms with van der Waals surface area (Å²) in [5, 5.41) is 13.2. The van der Waals surface area contributed by atoms with E-state index in [1.54, 1.807) is 0 Å². The first-order chi connectivity index (χ1) is 7.94. The quantitative estimate of drug-likeness (QED) is 0.547. The number of aromatic nitrogens is 1. The largest absolute Gasteiger partial charge is 0.369 e. The molecule has 0 fully saturated rings. The third kappa shape index (κ3) is 4.33. The van der Waals surface area contributed by atoms with E-state index in [0.29, 0.717) is 0 Å². The molecule has 17 heavy (non-hydrogen) atoms. The molecule has 9 heteroatoms. The maximum Gasteiger partial charge on any atom is 0.274 e. The zero-order valence-corrected chi connectivity index (χ0v) is 9.90. The van der Waals surface area contributed by atoms with E-state index >= 15 is 0 Å². The summed E-state index contributed by atoms with van der Waals surface area (Å²) in [6.45, 7) is 0.122. The molecular formula is C8H12N4O4S. The summed E-state index contributed by atoms with van der Waals surface area (Å²) >= 11 is 0. The fraction of sp³-hybridized carbons (Fsp3) is 0.375. The van der Waals surface area contributed by atoms with E-state index in [1.165, 1.54) is 25.4 Å². The van der Waals surface area contributed by atoms with Crippen molar-refractivity contribution in [2.24, 2.45) is 0 Å². The van der Waals surface area contributed by atoms with Crippen molar-refractivity contribution in [3.05, 3.63) is 28.4 Å². The fourth-order valence-electron chi connectivity index (χ4n) is 1.05. The van der Waals surface area contributed by atoms with Crippen molar-refractivity contribution in [3.8, 4) is 0 Å². The topological polar surface area (TPSA) is 114 Å². The Kier molecular flexibility index (Phi) is 4.35. The predicted molar refractivity (Wildman–Crippen MR) is 62.2 cm³/mol. The van der Waals surface area contributed by atoms with Crippen LogP contribution in [0.2, 0.25) is 0 Å². The highest BCUT2D eigenvalue weighted by molar-refractivity contribution is 7.89. The van der Waals surface area contributed by atoms with Crippen LogP contribution in [0.15, 0.2) is 18.3 Å². The molecule has 1 heterocycles. The maximum absolute atomic E-state index is 11.1. The second-order valence-corrected chi connectivity index (χ2v) is 5.15. The molecule has 8 nitrogen and oxygen atoms in total. The van der Waals surface area contributed by atoms with Gasteiger partial charge in [-0.25, -0.2) is 18.1 Å². The van der Waals surface area contributed by atoms with E-state index in [0.717, 1.165) is 0 Å². The van der Waals surface area contributed by atoms with Crippen LogP contribution in [0.1, 0.15) is 0 Å². The minimum Gasteiger partial charge on any atom is -0.369 e. The molecule has 2 N–H and O–H groups in total. The van der Waals surface area contributed by atoms with Crippen molar-refractivity contribution in [1.29, 1.82) is 0 Å². The fourth-order valence-corrected chi connectivity index (χ4v) is 1.62. The van der Waals surface area contributed by atoms with Gasteiger partial charge in [0.15, 0.2) is 0 Å². The smallest absolute Gasteiger partial charge is 0.274 e. The molecule has 0 saturated carbocycles. The number of nitro groups is 1. The van der Waals surface area contributed by atoms with Crippen LogP contribution in [0.4, 0.5) is 11.5 Å². The van der Waals surface area contributed by atoms with Gasteiger partial charge in [-0.3, -0.25) is 10.1 Å². The lowest BCUT2D eigenvalue weighted by atomic mass is 10.4. The number of nitrogens with one attached hydrogen (secondary N) is 2. The predicted octanol–water partition coefficient (Wildman–Crippen LogP) is -0.0491. The second kappa shape index (κ2) is 5.55. The first-order valence-corrected chi connectivity index (χ1v) is 6.35. The Bertz CT molecular complexity index is 502. The van der Waals surface area contributed by atoms with E-state index in [9.17, 15) is 18.5 Å². The highest BCUT2D eigenvalue weighted by Gasteiger charge is 2.08. The van der Waals surface area contributed by atoms with Crippen LogP contribution < -0.4 is 10.0 Å². The molecule has 94 valence electrons. The standard InChI is InChI=1S/C8H12N4O4S/c1-9-17(15,16)5-4-11-8-6-7(12(13)14)2-3-10-8/h2-3,6,9H,4-5H2,1H3,(H,10,11). The van der Waals surface area contributed by atoms with Gasteiger partial charge in [-0.15, -0.1) is 0 Å². The average molecular weight is 260 g/mol. The number of nitrogens with zero attached hydrogens (tertiary/aromatic N) is 2. The van der Waals surface area contributed by atoms with Crippen LogP contribution in [0, 0.1) is 10.1 Å². The highest BCUT2D eigenvalue weighted by Crippen LogP contribution is 2.13. The van der Waals surface area contributed by atoms with Crippen LogP contribution in [0.5, 0.6) is 0 Å². The normalized spacial score (nSPS) is 11.1. The Balaban J connectivity index is 2.58. The number of rotatable bonds is 6. The van der Waals surface area contributed by atoms with Gasteiger partial charge < -0.3 is 5.32 Å². The minimum atomic E-state index is -3.29. The van der Waals surface area contributed by atoms with Crippen molar-refractivity contribution in [1.82, 2.24) is 9.71 Å². The summed E-state index contributed by atoms with van der Waals surface area (Å²) in [5.41, 5.74) is -0.0982. The Hall–Kier alpha value is -1.74. The van der Waals surface area contributed by atoms with Crippen LogP contribution in [-0.4, -0.2) is 37.7 Å². The van der Waals surface area contributed by atoms with Gasteiger partial charge in [-0.1, -0.05) is 0 Å². The van der Waals surface area contributed by atoms with Crippen molar-refractivity contribution in [2.75, 3.05) is 24.7 Å². The summed E-state index contributed by atoms with van der Waals surface area (Å²) in [6.07, 6.45) is 1.28. The van der Waals surface area contributed by atoms with E-state index < -0.39 is 14.9 Å². The van der Waals surface area contributed by atoms with E-state index in [4.69, 9.17) is 0 Å². The monoisotopic (exact) mass is 260 g/mol. The zero-order valence-electron chi connectivity index (χ0n) is 9.08. The molecule has 0 amide bonds. The summed E-state index contributed by atoms with van der Waals surface area (Å²) in [5.74, 6) is 0.138. The number of pyridine rings is 1. The second-order valence-electron chi connectivity index (χ2n) is 3.11. The maximum atomic E-state index is 11.1. The Morgan fingerprint density at radius 3 is 2.82 bits per heavy atom. The molecule has 0 aliphatic carbocycles. The van der Waals surface area contributed by atoms with Gasteiger partial charge in [0, 0.05) is 18.8 Å². The SMILES string of the molecule is CNS(=O)(=O)CCNc1cc([N+](=O)[O-])ccn1. The molecule has 1 rings (SSSR count). The zero-order chi connectivity index (χ0) is 12.9. The van der Waals surface area contributed by atoms with Gasteiger partial charge in [0.25, 0.3) is 5.69 Å². The van der Waals surface area contributed by atoms with E-state index in [2.05, 4.69) is 15.0 Å². The molecule has 0 aliphatic heterocycles. The molecule has 0 aliphatic rings. The van der Waals surface area contributed by atoms with Crippen molar-refractivity contribution >= 4 is 21.5 Å². The molecule has 0 radical (unpaired) electrons. The third-order valence-electron chi connectivity index (χ3n) is 1.94. The highest BCUT2D eigenvalue weighted by atomic mass is 32.2. The lowest BCUT2D eigenvalue weighted by Gasteiger charge is -2.05. The average Bonchev–Trinajstić information content (AvgIpc) is 2.29. The summed E-state index contributed by atoms with van der Waals surface area (Å²) < 4.78 is 24.3. The number of anilines is 1. The number of hydrogen-bond donors (Lipinski definition) is 2. The molecule has 1 aromatic rings. The molecule has 0 spiro atoms. The van der Waals surface area contributed by atoms with Crippen LogP contribution in [0.25, 0.3) is 0 Å². The van der Waals surface area contributed by atoms with Gasteiger partial charge in [0.2, 0.25) is 10.0 Å². The van der Waals surface area contributed by atoms with Crippen molar-refractivity contribution < 1.29 is 13.3 Å². The molecule has 0 bridgehead atoms. The first-order valence-electron chi connectivity index (χ1n) is 4.70. The van der Waals surface area contributed by atoms with Crippen LogP contribution >= 0.6 is 0 Å². The third-order valence-corrected chi connectivity index (χ3v) is 3.31.